The molecule has 0 spiro atoms. The summed E-state index contributed by atoms with van der Waals surface area (Å²) in [6.45, 7) is 1.02. The Bertz CT molecular complexity index is 594. The molecule has 1 aromatic heterocycles. The van der Waals surface area contributed by atoms with Crippen LogP contribution in [-0.2, 0) is 12.8 Å². The maximum Gasteiger partial charge on any atom is 0.228 e. The molecular formula is C14H15F2N3O. The minimum Gasteiger partial charge on any atom is -0.339 e. The number of hydrogen-bond donors (Lipinski definition) is 1. The van der Waals surface area contributed by atoms with Gasteiger partial charge in [0.15, 0.2) is 5.82 Å². The van der Waals surface area contributed by atoms with Crippen molar-refractivity contribution in [1.82, 2.24) is 15.5 Å². The molecule has 1 fully saturated rings. The maximum atomic E-state index is 13.5. The van der Waals surface area contributed by atoms with Crippen LogP contribution in [0.3, 0.4) is 0 Å². The summed E-state index contributed by atoms with van der Waals surface area (Å²) in [5.41, 5.74) is 0.359. The fourth-order valence-electron chi connectivity index (χ4n) is 2.42. The SMILES string of the molecule is Fc1ccc(Cc2noc(CC3CCCN3)n2)c(F)c1. The molecule has 106 valence electrons. The summed E-state index contributed by atoms with van der Waals surface area (Å²) in [7, 11) is 0. The summed E-state index contributed by atoms with van der Waals surface area (Å²) < 4.78 is 31.5. The van der Waals surface area contributed by atoms with Crippen molar-refractivity contribution in [3.05, 3.63) is 47.1 Å². The molecule has 0 amide bonds. The number of nitrogens with zero attached hydrogens (tertiary/aromatic N) is 2. The lowest BCUT2D eigenvalue weighted by atomic mass is 10.1. The van der Waals surface area contributed by atoms with E-state index in [1.54, 1.807) is 0 Å². The van der Waals surface area contributed by atoms with Crippen LogP contribution in [-0.4, -0.2) is 22.7 Å². The number of aromatic nitrogens is 2. The molecule has 1 aliphatic heterocycles. The van der Waals surface area contributed by atoms with Crippen LogP contribution in [0.15, 0.2) is 22.7 Å². The minimum absolute atomic E-state index is 0.202. The van der Waals surface area contributed by atoms with E-state index in [9.17, 15) is 8.78 Å². The lowest BCUT2D eigenvalue weighted by Gasteiger charge is -2.04. The highest BCUT2D eigenvalue weighted by Gasteiger charge is 2.18. The summed E-state index contributed by atoms with van der Waals surface area (Å²) in [6, 6.07) is 3.87. The van der Waals surface area contributed by atoms with Crippen LogP contribution in [0.4, 0.5) is 8.78 Å². The van der Waals surface area contributed by atoms with Gasteiger partial charge in [-0.25, -0.2) is 8.78 Å². The lowest BCUT2D eigenvalue weighted by molar-refractivity contribution is 0.360. The highest BCUT2D eigenvalue weighted by molar-refractivity contribution is 5.21. The second kappa shape index (κ2) is 5.66. The molecule has 20 heavy (non-hydrogen) atoms. The molecule has 2 heterocycles. The summed E-state index contributed by atoms with van der Waals surface area (Å²) in [5.74, 6) is -0.202. The smallest absolute Gasteiger partial charge is 0.228 e. The van der Waals surface area contributed by atoms with Crippen LogP contribution < -0.4 is 5.32 Å². The summed E-state index contributed by atoms with van der Waals surface area (Å²) in [4.78, 5) is 4.25. The third-order valence-electron chi connectivity index (χ3n) is 3.46. The van der Waals surface area contributed by atoms with E-state index in [1.807, 2.05) is 0 Å². The van der Waals surface area contributed by atoms with E-state index >= 15 is 0 Å². The largest absolute Gasteiger partial charge is 0.339 e. The first-order chi connectivity index (χ1) is 9.70. The average Bonchev–Trinajstić information content (AvgIpc) is 3.06. The molecule has 1 aliphatic rings. The van der Waals surface area contributed by atoms with Crippen molar-refractivity contribution >= 4 is 0 Å². The zero-order chi connectivity index (χ0) is 13.9. The Balaban J connectivity index is 1.67. The summed E-state index contributed by atoms with van der Waals surface area (Å²) >= 11 is 0. The highest BCUT2D eigenvalue weighted by atomic mass is 19.1. The third kappa shape index (κ3) is 3.01. The average molecular weight is 279 g/mol. The molecule has 1 atom stereocenters. The summed E-state index contributed by atoms with van der Waals surface area (Å²) in [6.07, 6.45) is 3.16. The van der Waals surface area contributed by atoms with E-state index < -0.39 is 11.6 Å². The van der Waals surface area contributed by atoms with Crippen molar-refractivity contribution in [1.29, 1.82) is 0 Å². The first-order valence-corrected chi connectivity index (χ1v) is 6.69. The van der Waals surface area contributed by atoms with E-state index in [0.29, 0.717) is 29.7 Å². The van der Waals surface area contributed by atoms with Crippen LogP contribution in [0.1, 0.15) is 30.1 Å². The first kappa shape index (κ1) is 13.2. The van der Waals surface area contributed by atoms with Crippen molar-refractivity contribution in [2.24, 2.45) is 0 Å². The van der Waals surface area contributed by atoms with Gasteiger partial charge in [0.2, 0.25) is 5.89 Å². The standard InChI is InChI=1S/C14H15F2N3O/c15-10-4-3-9(12(16)7-10)6-13-18-14(20-19-13)8-11-2-1-5-17-11/h3-4,7,11,17H,1-2,5-6,8H2. The Morgan fingerprint density at radius 2 is 2.25 bits per heavy atom. The Morgan fingerprint density at radius 3 is 3.00 bits per heavy atom. The van der Waals surface area contributed by atoms with Gasteiger partial charge in [-0.2, -0.15) is 4.98 Å². The van der Waals surface area contributed by atoms with Gasteiger partial charge in [0.1, 0.15) is 11.6 Å². The third-order valence-corrected chi connectivity index (χ3v) is 3.46. The molecule has 4 nitrogen and oxygen atoms in total. The van der Waals surface area contributed by atoms with Crippen molar-refractivity contribution in [3.8, 4) is 0 Å². The Kier molecular flexibility index (Phi) is 3.73. The van der Waals surface area contributed by atoms with Crippen LogP contribution in [0.25, 0.3) is 0 Å². The molecule has 0 bridgehead atoms. The van der Waals surface area contributed by atoms with Crippen molar-refractivity contribution in [2.75, 3.05) is 6.54 Å². The van der Waals surface area contributed by atoms with Crippen LogP contribution in [0.2, 0.25) is 0 Å². The second-order valence-electron chi connectivity index (χ2n) is 5.01. The van der Waals surface area contributed by atoms with Gasteiger partial charge in [0, 0.05) is 24.9 Å². The Labute approximate surface area is 115 Å². The fourth-order valence-corrected chi connectivity index (χ4v) is 2.42. The van der Waals surface area contributed by atoms with Crippen LogP contribution >= 0.6 is 0 Å². The van der Waals surface area contributed by atoms with Crippen molar-refractivity contribution < 1.29 is 13.3 Å². The van der Waals surface area contributed by atoms with Crippen molar-refractivity contribution in [3.63, 3.8) is 0 Å². The predicted octanol–water partition coefficient (Wildman–Crippen LogP) is 2.23. The number of benzene rings is 1. The molecule has 0 aliphatic carbocycles. The Hall–Kier alpha value is -1.82. The van der Waals surface area contributed by atoms with Crippen LogP contribution in [0.5, 0.6) is 0 Å². The number of rotatable bonds is 4. The van der Waals surface area contributed by atoms with Gasteiger partial charge in [-0.1, -0.05) is 11.2 Å². The molecule has 1 unspecified atom stereocenters. The monoisotopic (exact) mass is 279 g/mol. The molecule has 1 N–H and O–H groups in total. The first-order valence-electron chi connectivity index (χ1n) is 6.69. The highest BCUT2D eigenvalue weighted by Crippen LogP contribution is 2.15. The van der Waals surface area contributed by atoms with Gasteiger partial charge in [-0.3, -0.25) is 0 Å². The van der Waals surface area contributed by atoms with Gasteiger partial charge in [-0.15, -0.1) is 0 Å². The molecule has 0 saturated carbocycles. The molecule has 2 aromatic rings. The number of halogens is 2. The normalized spacial score (nSPS) is 18.6. The second-order valence-corrected chi connectivity index (χ2v) is 5.01. The van der Waals surface area contributed by atoms with E-state index in [2.05, 4.69) is 15.5 Å². The fraction of sp³-hybridized carbons (Fsp3) is 0.429. The van der Waals surface area contributed by atoms with Gasteiger partial charge in [0.05, 0.1) is 0 Å². The van der Waals surface area contributed by atoms with E-state index in [1.165, 1.54) is 12.1 Å². The van der Waals surface area contributed by atoms with E-state index in [-0.39, 0.29) is 6.42 Å². The van der Waals surface area contributed by atoms with Gasteiger partial charge in [-0.05, 0) is 31.0 Å². The molecule has 6 heteroatoms. The molecule has 1 saturated heterocycles. The number of nitrogens with one attached hydrogen (secondary N) is 1. The lowest BCUT2D eigenvalue weighted by Crippen LogP contribution is -2.23. The molecule has 1 aromatic carbocycles. The summed E-state index contributed by atoms with van der Waals surface area (Å²) in [5, 5.41) is 7.19. The zero-order valence-corrected chi connectivity index (χ0v) is 10.9. The van der Waals surface area contributed by atoms with Gasteiger partial charge in [0.25, 0.3) is 0 Å². The predicted molar refractivity (Wildman–Crippen MR) is 68.2 cm³/mol. The van der Waals surface area contributed by atoms with E-state index in [0.717, 1.165) is 25.5 Å². The van der Waals surface area contributed by atoms with E-state index in [4.69, 9.17) is 4.52 Å². The number of hydrogen-bond acceptors (Lipinski definition) is 4. The Morgan fingerprint density at radius 1 is 1.35 bits per heavy atom. The maximum absolute atomic E-state index is 13.5. The topological polar surface area (TPSA) is 51.0 Å². The molecule has 3 rings (SSSR count). The quantitative estimate of drug-likeness (QED) is 0.932. The molecular weight excluding hydrogens is 264 g/mol. The van der Waals surface area contributed by atoms with Crippen molar-refractivity contribution in [2.45, 2.75) is 31.7 Å². The zero-order valence-electron chi connectivity index (χ0n) is 10.9. The minimum atomic E-state index is -0.590. The molecule has 0 radical (unpaired) electrons. The van der Waals surface area contributed by atoms with Gasteiger partial charge >= 0.3 is 0 Å². The van der Waals surface area contributed by atoms with Crippen LogP contribution in [0, 0.1) is 11.6 Å². The van der Waals surface area contributed by atoms with Gasteiger partial charge < -0.3 is 9.84 Å².